The molecule has 0 aliphatic heterocycles. The van der Waals surface area contributed by atoms with Crippen LogP contribution in [0.15, 0.2) is 78.9 Å². The van der Waals surface area contributed by atoms with E-state index in [1.165, 1.54) is 7.11 Å². The van der Waals surface area contributed by atoms with Gasteiger partial charge in [0.1, 0.15) is 17.2 Å². The number of carboxylic acids is 1. The van der Waals surface area contributed by atoms with Gasteiger partial charge < -0.3 is 24.6 Å². The second kappa shape index (κ2) is 12.0. The van der Waals surface area contributed by atoms with Gasteiger partial charge in [0.2, 0.25) is 0 Å². The minimum atomic E-state index is -1.11. The van der Waals surface area contributed by atoms with Crippen LogP contribution in [0, 0.1) is 0 Å². The molecule has 0 fully saturated rings. The van der Waals surface area contributed by atoms with E-state index in [0.29, 0.717) is 18.7 Å². The molecule has 0 unspecified atom stereocenters. The lowest BCUT2D eigenvalue weighted by Crippen LogP contribution is -2.47. The number of amides is 1. The van der Waals surface area contributed by atoms with Crippen LogP contribution in [0.4, 0.5) is 0 Å². The highest BCUT2D eigenvalue weighted by molar-refractivity contribution is 5.84. The van der Waals surface area contributed by atoms with Crippen LogP contribution in [-0.4, -0.2) is 42.3 Å². The van der Waals surface area contributed by atoms with Crippen molar-refractivity contribution in [2.45, 2.75) is 38.4 Å². The van der Waals surface area contributed by atoms with Crippen molar-refractivity contribution in [3.05, 3.63) is 90.0 Å². The lowest BCUT2D eigenvalue weighted by molar-refractivity contribution is -0.148. The molecule has 184 valence electrons. The molecule has 2 N–H and O–H groups in total. The maximum atomic E-state index is 12.8. The van der Waals surface area contributed by atoms with Gasteiger partial charge >= 0.3 is 5.97 Å². The van der Waals surface area contributed by atoms with Crippen molar-refractivity contribution in [2.75, 3.05) is 13.7 Å². The van der Waals surface area contributed by atoms with E-state index in [4.69, 9.17) is 14.2 Å². The van der Waals surface area contributed by atoms with Crippen molar-refractivity contribution in [2.24, 2.45) is 0 Å². The van der Waals surface area contributed by atoms with E-state index in [-0.39, 0.29) is 12.3 Å². The second-order valence-electron chi connectivity index (χ2n) is 8.59. The standard InChI is InChI=1S/C28H31NO6/c1-28(2,35-24-11-7-8-21(18-24)19-25(33-3)26(30)31)27(32)29-17-16-20-12-14-23(15-13-20)34-22-9-5-4-6-10-22/h4-15,18,25H,16-17,19H2,1-3H3,(H,29,32)(H,30,31)/t25-/m0/s1. The van der Waals surface area contributed by atoms with Gasteiger partial charge in [-0.1, -0.05) is 42.5 Å². The Hall–Kier alpha value is -3.84. The molecule has 0 aromatic heterocycles. The summed E-state index contributed by atoms with van der Waals surface area (Å²) in [6, 6.07) is 24.4. The summed E-state index contributed by atoms with van der Waals surface area (Å²) in [5.74, 6) is 0.739. The van der Waals surface area contributed by atoms with Crippen molar-refractivity contribution in [1.29, 1.82) is 0 Å². The highest BCUT2D eigenvalue weighted by Crippen LogP contribution is 2.22. The van der Waals surface area contributed by atoms with Gasteiger partial charge in [-0.15, -0.1) is 0 Å². The first-order chi connectivity index (χ1) is 16.8. The Morgan fingerprint density at radius 2 is 1.54 bits per heavy atom. The van der Waals surface area contributed by atoms with Crippen LogP contribution in [0.3, 0.4) is 0 Å². The van der Waals surface area contributed by atoms with Gasteiger partial charge in [0.15, 0.2) is 11.7 Å². The number of benzene rings is 3. The third-order valence-corrected chi connectivity index (χ3v) is 5.40. The predicted molar refractivity (Wildman–Crippen MR) is 133 cm³/mol. The highest BCUT2D eigenvalue weighted by Gasteiger charge is 2.29. The number of hydrogen-bond acceptors (Lipinski definition) is 5. The van der Waals surface area contributed by atoms with Gasteiger partial charge in [0, 0.05) is 20.1 Å². The zero-order valence-electron chi connectivity index (χ0n) is 20.2. The molecule has 3 aromatic rings. The Balaban J connectivity index is 1.49. The molecule has 1 amide bonds. The Morgan fingerprint density at radius 3 is 2.20 bits per heavy atom. The summed E-state index contributed by atoms with van der Waals surface area (Å²) in [6.07, 6.45) is -0.0815. The Bertz CT molecular complexity index is 1110. The largest absolute Gasteiger partial charge is 0.479 e. The van der Waals surface area contributed by atoms with E-state index >= 15 is 0 Å². The predicted octanol–water partition coefficient (Wildman–Crippen LogP) is 4.64. The van der Waals surface area contributed by atoms with E-state index in [0.717, 1.165) is 22.6 Å². The summed E-state index contributed by atoms with van der Waals surface area (Å²) >= 11 is 0. The number of aliphatic carboxylic acids is 1. The number of nitrogens with one attached hydrogen (secondary N) is 1. The molecule has 0 saturated carbocycles. The molecule has 1 atom stereocenters. The topological polar surface area (TPSA) is 94.1 Å². The minimum absolute atomic E-state index is 0.199. The highest BCUT2D eigenvalue weighted by atomic mass is 16.5. The maximum absolute atomic E-state index is 12.8. The first-order valence-corrected chi connectivity index (χ1v) is 11.4. The lowest BCUT2D eigenvalue weighted by Gasteiger charge is -2.25. The molecule has 0 aliphatic rings. The third kappa shape index (κ3) is 7.86. The molecule has 0 bridgehead atoms. The second-order valence-corrected chi connectivity index (χ2v) is 8.59. The molecule has 3 aromatic carbocycles. The molecule has 7 heteroatoms. The van der Waals surface area contributed by atoms with Crippen LogP contribution < -0.4 is 14.8 Å². The maximum Gasteiger partial charge on any atom is 0.333 e. The van der Waals surface area contributed by atoms with Crippen molar-refractivity contribution in [3.8, 4) is 17.2 Å². The first-order valence-electron chi connectivity index (χ1n) is 11.4. The molecule has 3 rings (SSSR count). The van der Waals surface area contributed by atoms with Gasteiger partial charge in [-0.2, -0.15) is 0 Å². The molecule has 35 heavy (non-hydrogen) atoms. The summed E-state index contributed by atoms with van der Waals surface area (Å²) in [4.78, 5) is 24.0. The fourth-order valence-electron chi connectivity index (χ4n) is 3.44. The van der Waals surface area contributed by atoms with Crippen LogP contribution >= 0.6 is 0 Å². The fraction of sp³-hybridized carbons (Fsp3) is 0.286. The number of hydrogen-bond donors (Lipinski definition) is 2. The number of para-hydroxylation sites is 1. The van der Waals surface area contributed by atoms with Gasteiger partial charge in [0.05, 0.1) is 0 Å². The van der Waals surface area contributed by atoms with Crippen molar-refractivity contribution < 1.29 is 28.9 Å². The summed E-state index contributed by atoms with van der Waals surface area (Å²) in [5, 5.41) is 12.1. The summed E-state index contributed by atoms with van der Waals surface area (Å²) in [5.41, 5.74) is 0.704. The van der Waals surface area contributed by atoms with Crippen molar-refractivity contribution >= 4 is 11.9 Å². The monoisotopic (exact) mass is 477 g/mol. The van der Waals surface area contributed by atoms with Crippen LogP contribution in [0.25, 0.3) is 0 Å². The van der Waals surface area contributed by atoms with E-state index in [1.807, 2.05) is 54.6 Å². The molecule has 0 heterocycles. The molecule has 0 spiro atoms. The Labute approximate surface area is 205 Å². The average Bonchev–Trinajstić information content (AvgIpc) is 2.84. The van der Waals surface area contributed by atoms with Gasteiger partial charge in [-0.3, -0.25) is 4.79 Å². The van der Waals surface area contributed by atoms with E-state index < -0.39 is 17.7 Å². The zero-order valence-corrected chi connectivity index (χ0v) is 20.2. The van der Waals surface area contributed by atoms with Crippen LogP contribution in [0.2, 0.25) is 0 Å². The molecule has 0 saturated heterocycles. The summed E-state index contributed by atoms with van der Waals surface area (Å²) in [6.45, 7) is 3.85. The number of carboxylic acid groups (broad SMARTS) is 1. The van der Waals surface area contributed by atoms with Crippen molar-refractivity contribution in [3.63, 3.8) is 0 Å². The van der Waals surface area contributed by atoms with Crippen LogP contribution in [0.1, 0.15) is 25.0 Å². The third-order valence-electron chi connectivity index (χ3n) is 5.40. The number of carbonyl (C=O) groups excluding carboxylic acids is 1. The number of carbonyl (C=O) groups is 2. The van der Waals surface area contributed by atoms with Gasteiger partial charge in [0.25, 0.3) is 5.91 Å². The SMILES string of the molecule is CO[C@@H](Cc1cccc(OC(C)(C)C(=O)NCCc2ccc(Oc3ccccc3)cc2)c1)C(=O)O. The van der Waals surface area contributed by atoms with E-state index in [2.05, 4.69) is 5.32 Å². The number of ether oxygens (including phenoxy) is 3. The first kappa shape index (κ1) is 25.8. The molecule has 0 radical (unpaired) electrons. The Kier molecular flexibility index (Phi) is 8.86. The number of rotatable bonds is 12. The van der Waals surface area contributed by atoms with Crippen LogP contribution in [0.5, 0.6) is 17.2 Å². The molecular weight excluding hydrogens is 446 g/mol. The Morgan fingerprint density at radius 1 is 0.886 bits per heavy atom. The quantitative estimate of drug-likeness (QED) is 0.395. The normalized spacial score (nSPS) is 12.0. The van der Waals surface area contributed by atoms with E-state index in [1.54, 1.807) is 38.1 Å². The smallest absolute Gasteiger partial charge is 0.333 e. The average molecular weight is 478 g/mol. The minimum Gasteiger partial charge on any atom is -0.479 e. The molecule has 7 nitrogen and oxygen atoms in total. The van der Waals surface area contributed by atoms with Crippen LogP contribution in [-0.2, 0) is 27.2 Å². The fourth-order valence-corrected chi connectivity index (χ4v) is 3.44. The zero-order chi connectivity index (χ0) is 25.3. The summed E-state index contributed by atoms with van der Waals surface area (Å²) in [7, 11) is 1.36. The number of methoxy groups -OCH3 is 1. The van der Waals surface area contributed by atoms with Gasteiger partial charge in [-0.05, 0) is 67.8 Å². The van der Waals surface area contributed by atoms with Crippen molar-refractivity contribution in [1.82, 2.24) is 5.32 Å². The molecular formula is C28H31NO6. The summed E-state index contributed by atoms with van der Waals surface area (Å²) < 4.78 is 16.7. The van der Waals surface area contributed by atoms with E-state index in [9.17, 15) is 14.7 Å². The van der Waals surface area contributed by atoms with Gasteiger partial charge in [-0.25, -0.2) is 4.79 Å². The molecule has 0 aliphatic carbocycles. The lowest BCUT2D eigenvalue weighted by atomic mass is 10.1.